The second-order valence-corrected chi connectivity index (χ2v) is 4.67. The molecular formula is C14H18FNO2. The highest BCUT2D eigenvalue weighted by molar-refractivity contribution is 5.76. The van der Waals surface area contributed by atoms with Gasteiger partial charge in [0.15, 0.2) is 0 Å². The van der Waals surface area contributed by atoms with E-state index in [0.717, 1.165) is 18.4 Å². The van der Waals surface area contributed by atoms with Gasteiger partial charge >= 0.3 is 5.97 Å². The van der Waals surface area contributed by atoms with Crippen LogP contribution in [0.2, 0.25) is 0 Å². The first kappa shape index (κ1) is 13.0. The lowest BCUT2D eigenvalue weighted by Crippen LogP contribution is -2.40. The van der Waals surface area contributed by atoms with Crippen molar-refractivity contribution in [1.82, 2.24) is 5.32 Å². The van der Waals surface area contributed by atoms with Gasteiger partial charge in [-0.25, -0.2) is 4.39 Å². The summed E-state index contributed by atoms with van der Waals surface area (Å²) >= 11 is 0. The van der Waals surface area contributed by atoms with Gasteiger partial charge in [-0.2, -0.15) is 0 Å². The molecule has 0 aromatic heterocycles. The zero-order valence-corrected chi connectivity index (χ0v) is 10.5. The molecule has 1 saturated carbocycles. The van der Waals surface area contributed by atoms with Crippen molar-refractivity contribution in [3.8, 4) is 0 Å². The molecule has 1 N–H and O–H groups in total. The zero-order valence-electron chi connectivity index (χ0n) is 10.5. The van der Waals surface area contributed by atoms with E-state index in [9.17, 15) is 9.18 Å². The molecule has 0 spiro atoms. The molecule has 0 saturated heterocycles. The quantitative estimate of drug-likeness (QED) is 0.785. The van der Waals surface area contributed by atoms with E-state index in [1.54, 1.807) is 6.07 Å². The molecule has 98 valence electrons. The van der Waals surface area contributed by atoms with Crippen LogP contribution in [0.5, 0.6) is 0 Å². The Balaban J connectivity index is 1.81. The summed E-state index contributed by atoms with van der Waals surface area (Å²) in [5.74, 6) is -0.0130. The number of nitrogens with one attached hydrogen (secondary N) is 1. The Kier molecular flexibility index (Phi) is 4.31. The maximum atomic E-state index is 13.0. The number of carbonyl (C=O) groups excluding carboxylic acids is 1. The molecular weight excluding hydrogens is 233 g/mol. The van der Waals surface area contributed by atoms with E-state index in [-0.39, 0.29) is 17.8 Å². The lowest BCUT2D eigenvalue weighted by molar-refractivity contribution is -0.143. The third-order valence-corrected chi connectivity index (χ3v) is 3.22. The molecule has 3 nitrogen and oxygen atoms in total. The molecule has 0 heterocycles. The summed E-state index contributed by atoms with van der Waals surface area (Å²) in [5.41, 5.74) is 0.932. The summed E-state index contributed by atoms with van der Waals surface area (Å²) in [7, 11) is 1.41. The van der Waals surface area contributed by atoms with Crippen LogP contribution in [0.15, 0.2) is 24.3 Å². The van der Waals surface area contributed by atoms with E-state index in [1.165, 1.54) is 19.2 Å². The van der Waals surface area contributed by atoms with Crippen LogP contribution < -0.4 is 5.32 Å². The highest BCUT2D eigenvalue weighted by Crippen LogP contribution is 2.33. The normalized spacial score (nSPS) is 16.3. The second-order valence-electron chi connectivity index (χ2n) is 4.67. The summed E-state index contributed by atoms with van der Waals surface area (Å²) in [6, 6.07) is 6.33. The first-order chi connectivity index (χ1) is 8.70. The molecule has 1 atom stereocenters. The molecule has 0 amide bonds. The van der Waals surface area contributed by atoms with Gasteiger partial charge in [0.25, 0.3) is 0 Å². The lowest BCUT2D eigenvalue weighted by Gasteiger charge is -2.15. The Morgan fingerprint density at radius 3 is 2.94 bits per heavy atom. The van der Waals surface area contributed by atoms with Crippen molar-refractivity contribution in [3.05, 3.63) is 35.6 Å². The van der Waals surface area contributed by atoms with Crippen LogP contribution in [0.4, 0.5) is 4.39 Å². The number of carbonyl (C=O) groups is 1. The fourth-order valence-electron chi connectivity index (χ4n) is 2.06. The van der Waals surface area contributed by atoms with Gasteiger partial charge in [-0.05, 0) is 49.4 Å². The maximum Gasteiger partial charge on any atom is 0.323 e. The molecule has 1 aliphatic rings. The minimum Gasteiger partial charge on any atom is -0.468 e. The van der Waals surface area contributed by atoms with Crippen LogP contribution in [0.1, 0.15) is 18.4 Å². The van der Waals surface area contributed by atoms with Crippen LogP contribution in [-0.4, -0.2) is 25.7 Å². The molecule has 4 heteroatoms. The van der Waals surface area contributed by atoms with Gasteiger partial charge in [0, 0.05) is 0 Å². The Hall–Kier alpha value is -1.42. The number of halogens is 1. The van der Waals surface area contributed by atoms with Crippen molar-refractivity contribution in [2.75, 3.05) is 13.7 Å². The first-order valence-corrected chi connectivity index (χ1v) is 6.26. The van der Waals surface area contributed by atoms with Gasteiger partial charge in [0.1, 0.15) is 11.9 Å². The number of esters is 1. The Morgan fingerprint density at radius 1 is 1.56 bits per heavy atom. The van der Waals surface area contributed by atoms with Gasteiger partial charge in [-0.1, -0.05) is 12.1 Å². The Morgan fingerprint density at radius 2 is 2.33 bits per heavy atom. The number of rotatable bonds is 6. The van der Waals surface area contributed by atoms with E-state index in [2.05, 4.69) is 5.32 Å². The van der Waals surface area contributed by atoms with Crippen molar-refractivity contribution in [2.45, 2.75) is 25.3 Å². The maximum absolute atomic E-state index is 13.0. The SMILES string of the molecule is COC(=O)C(NCCc1cccc(F)c1)C1CC1. The Labute approximate surface area is 106 Å². The van der Waals surface area contributed by atoms with Crippen molar-refractivity contribution in [1.29, 1.82) is 0 Å². The number of hydrogen-bond donors (Lipinski definition) is 1. The molecule has 18 heavy (non-hydrogen) atoms. The standard InChI is InChI=1S/C14H18FNO2/c1-18-14(17)13(11-5-6-11)16-8-7-10-3-2-4-12(15)9-10/h2-4,9,11,13,16H,5-8H2,1H3. The van der Waals surface area contributed by atoms with E-state index in [1.807, 2.05) is 6.07 Å². The zero-order chi connectivity index (χ0) is 13.0. The first-order valence-electron chi connectivity index (χ1n) is 6.26. The molecule has 1 aliphatic carbocycles. The largest absolute Gasteiger partial charge is 0.468 e. The third-order valence-electron chi connectivity index (χ3n) is 3.22. The smallest absolute Gasteiger partial charge is 0.323 e. The van der Waals surface area contributed by atoms with E-state index in [4.69, 9.17) is 4.74 Å². The molecule has 2 rings (SSSR count). The summed E-state index contributed by atoms with van der Waals surface area (Å²) in [4.78, 5) is 11.5. The van der Waals surface area contributed by atoms with E-state index >= 15 is 0 Å². The molecule has 1 aromatic rings. The van der Waals surface area contributed by atoms with Crippen molar-refractivity contribution in [2.24, 2.45) is 5.92 Å². The number of methoxy groups -OCH3 is 1. The monoisotopic (exact) mass is 251 g/mol. The fraction of sp³-hybridized carbons (Fsp3) is 0.500. The van der Waals surface area contributed by atoms with Crippen LogP contribution in [0, 0.1) is 11.7 Å². The molecule has 0 radical (unpaired) electrons. The lowest BCUT2D eigenvalue weighted by atomic mass is 10.1. The van der Waals surface area contributed by atoms with Crippen molar-refractivity contribution in [3.63, 3.8) is 0 Å². The molecule has 0 bridgehead atoms. The van der Waals surface area contributed by atoms with Crippen LogP contribution in [0.3, 0.4) is 0 Å². The topological polar surface area (TPSA) is 38.3 Å². The number of benzene rings is 1. The minimum atomic E-state index is -0.223. The summed E-state index contributed by atoms with van der Waals surface area (Å²) in [6.45, 7) is 0.652. The van der Waals surface area contributed by atoms with E-state index in [0.29, 0.717) is 18.9 Å². The summed E-state index contributed by atoms with van der Waals surface area (Å²) in [5, 5.41) is 3.20. The molecule has 1 fully saturated rings. The third kappa shape index (κ3) is 3.53. The predicted molar refractivity (Wildman–Crippen MR) is 66.6 cm³/mol. The molecule has 1 aromatic carbocycles. The van der Waals surface area contributed by atoms with E-state index < -0.39 is 0 Å². The summed E-state index contributed by atoms with van der Waals surface area (Å²) < 4.78 is 17.8. The highest BCUT2D eigenvalue weighted by Gasteiger charge is 2.36. The van der Waals surface area contributed by atoms with Crippen LogP contribution in [0.25, 0.3) is 0 Å². The average Bonchev–Trinajstić information content (AvgIpc) is 3.18. The fourth-order valence-corrected chi connectivity index (χ4v) is 2.06. The predicted octanol–water partition coefficient (Wildman–Crippen LogP) is 1.91. The second kappa shape index (κ2) is 5.96. The molecule has 0 aliphatic heterocycles. The van der Waals surface area contributed by atoms with Gasteiger partial charge < -0.3 is 10.1 Å². The average molecular weight is 251 g/mol. The Bertz CT molecular complexity index is 418. The molecule has 1 unspecified atom stereocenters. The van der Waals surface area contributed by atoms with Gasteiger partial charge in [-0.15, -0.1) is 0 Å². The van der Waals surface area contributed by atoms with Gasteiger partial charge in [0.2, 0.25) is 0 Å². The van der Waals surface area contributed by atoms with Gasteiger partial charge in [0.05, 0.1) is 7.11 Å². The van der Waals surface area contributed by atoms with Crippen molar-refractivity contribution < 1.29 is 13.9 Å². The summed E-state index contributed by atoms with van der Waals surface area (Å²) in [6.07, 6.45) is 2.86. The van der Waals surface area contributed by atoms with Crippen molar-refractivity contribution >= 4 is 5.97 Å². The van der Waals surface area contributed by atoms with Crippen LogP contribution in [-0.2, 0) is 16.0 Å². The van der Waals surface area contributed by atoms with Gasteiger partial charge in [-0.3, -0.25) is 4.79 Å². The number of ether oxygens (including phenoxy) is 1. The number of hydrogen-bond acceptors (Lipinski definition) is 3. The minimum absolute atomic E-state index is 0.197. The highest BCUT2D eigenvalue weighted by atomic mass is 19.1. The van der Waals surface area contributed by atoms with Crippen LogP contribution >= 0.6 is 0 Å².